The Labute approximate surface area is 125 Å². The topological polar surface area (TPSA) is 21.3 Å². The van der Waals surface area contributed by atoms with Crippen molar-refractivity contribution in [2.75, 3.05) is 13.2 Å². The molecule has 0 aliphatic heterocycles. The van der Waals surface area contributed by atoms with Crippen molar-refractivity contribution in [3.05, 3.63) is 64.7 Å². The van der Waals surface area contributed by atoms with E-state index in [0.29, 0.717) is 0 Å². The molecule has 3 heteroatoms. The molecule has 0 spiro atoms. The van der Waals surface area contributed by atoms with Crippen LogP contribution in [0.25, 0.3) is 0 Å². The summed E-state index contributed by atoms with van der Waals surface area (Å²) >= 11 is 6.09. The van der Waals surface area contributed by atoms with Gasteiger partial charge in [0.25, 0.3) is 0 Å². The van der Waals surface area contributed by atoms with Gasteiger partial charge in [0.15, 0.2) is 0 Å². The standard InChI is InChI=1S/C17H20ClNO/c1-14-6-4-8-16(12-14)20-11-5-10-19-13-15-7-2-3-9-17(15)18/h2-4,6-9,12,19H,5,10-11,13H2,1H3. The summed E-state index contributed by atoms with van der Waals surface area (Å²) in [5, 5.41) is 4.19. The second-order valence-electron chi connectivity index (χ2n) is 4.79. The van der Waals surface area contributed by atoms with Crippen molar-refractivity contribution in [1.82, 2.24) is 5.32 Å². The predicted octanol–water partition coefficient (Wildman–Crippen LogP) is 4.21. The molecule has 0 bridgehead atoms. The van der Waals surface area contributed by atoms with Crippen LogP contribution >= 0.6 is 11.6 Å². The van der Waals surface area contributed by atoms with Crippen molar-refractivity contribution in [2.24, 2.45) is 0 Å². The summed E-state index contributed by atoms with van der Waals surface area (Å²) in [6, 6.07) is 16.0. The predicted molar refractivity (Wildman–Crippen MR) is 84.4 cm³/mol. The maximum Gasteiger partial charge on any atom is 0.119 e. The normalized spacial score (nSPS) is 10.5. The van der Waals surface area contributed by atoms with Crippen molar-refractivity contribution in [3.63, 3.8) is 0 Å². The second-order valence-corrected chi connectivity index (χ2v) is 5.19. The third-order valence-electron chi connectivity index (χ3n) is 3.03. The zero-order chi connectivity index (χ0) is 14.2. The fraction of sp³-hybridized carbons (Fsp3) is 0.294. The van der Waals surface area contributed by atoms with Gasteiger partial charge in [-0.2, -0.15) is 0 Å². The first-order valence-electron chi connectivity index (χ1n) is 6.89. The summed E-state index contributed by atoms with van der Waals surface area (Å²) in [6.07, 6.45) is 0.971. The summed E-state index contributed by atoms with van der Waals surface area (Å²) in [7, 11) is 0. The van der Waals surface area contributed by atoms with Crippen LogP contribution < -0.4 is 10.1 Å². The van der Waals surface area contributed by atoms with E-state index in [1.807, 2.05) is 36.4 Å². The van der Waals surface area contributed by atoms with Crippen LogP contribution in [0.15, 0.2) is 48.5 Å². The molecule has 106 valence electrons. The van der Waals surface area contributed by atoms with E-state index in [1.54, 1.807) is 0 Å². The van der Waals surface area contributed by atoms with E-state index in [1.165, 1.54) is 5.56 Å². The van der Waals surface area contributed by atoms with E-state index in [4.69, 9.17) is 16.3 Å². The molecule has 1 N–H and O–H groups in total. The highest BCUT2D eigenvalue weighted by Gasteiger charge is 1.98. The van der Waals surface area contributed by atoms with Gasteiger partial charge in [0.1, 0.15) is 5.75 Å². The molecule has 2 aromatic carbocycles. The molecule has 0 atom stereocenters. The molecule has 0 radical (unpaired) electrons. The first kappa shape index (κ1) is 14.9. The van der Waals surface area contributed by atoms with Gasteiger partial charge < -0.3 is 10.1 Å². The SMILES string of the molecule is Cc1cccc(OCCCNCc2ccccc2Cl)c1. The highest BCUT2D eigenvalue weighted by atomic mass is 35.5. The highest BCUT2D eigenvalue weighted by Crippen LogP contribution is 2.14. The molecule has 20 heavy (non-hydrogen) atoms. The third-order valence-corrected chi connectivity index (χ3v) is 3.40. The van der Waals surface area contributed by atoms with Crippen LogP contribution in [0.1, 0.15) is 17.5 Å². The average molecular weight is 290 g/mol. The van der Waals surface area contributed by atoms with E-state index in [9.17, 15) is 0 Å². The number of nitrogens with one attached hydrogen (secondary N) is 1. The molecule has 0 saturated heterocycles. The molecule has 0 aliphatic carbocycles. The maximum atomic E-state index is 6.09. The molecule has 0 unspecified atom stereocenters. The lowest BCUT2D eigenvalue weighted by atomic mass is 10.2. The Balaban J connectivity index is 1.61. The number of rotatable bonds is 7. The van der Waals surface area contributed by atoms with Crippen LogP contribution in [0.5, 0.6) is 5.75 Å². The number of halogens is 1. The lowest BCUT2D eigenvalue weighted by molar-refractivity contribution is 0.308. The molecule has 2 nitrogen and oxygen atoms in total. The average Bonchev–Trinajstić information content (AvgIpc) is 2.44. The van der Waals surface area contributed by atoms with Gasteiger partial charge in [0, 0.05) is 11.6 Å². The summed E-state index contributed by atoms with van der Waals surface area (Å²) in [5.74, 6) is 0.941. The maximum absolute atomic E-state index is 6.09. The Bertz CT molecular complexity index is 542. The second kappa shape index (κ2) is 7.93. The Kier molecular flexibility index (Phi) is 5.90. The van der Waals surface area contributed by atoms with E-state index in [2.05, 4.69) is 24.4 Å². The molecule has 0 saturated carbocycles. The van der Waals surface area contributed by atoms with Gasteiger partial charge in [0.05, 0.1) is 6.61 Å². The molecular formula is C17H20ClNO. The fourth-order valence-electron chi connectivity index (χ4n) is 1.96. The van der Waals surface area contributed by atoms with Crippen molar-refractivity contribution in [2.45, 2.75) is 19.9 Å². The van der Waals surface area contributed by atoms with Crippen LogP contribution in [0.2, 0.25) is 5.02 Å². The first-order chi connectivity index (χ1) is 9.75. The first-order valence-corrected chi connectivity index (χ1v) is 7.27. The lowest BCUT2D eigenvalue weighted by Crippen LogP contribution is -2.17. The minimum absolute atomic E-state index is 0.721. The number of ether oxygens (including phenoxy) is 1. The third kappa shape index (κ3) is 4.87. The minimum Gasteiger partial charge on any atom is -0.494 e. The van der Waals surface area contributed by atoms with Gasteiger partial charge in [0.2, 0.25) is 0 Å². The fourth-order valence-corrected chi connectivity index (χ4v) is 2.16. The van der Waals surface area contributed by atoms with E-state index in [0.717, 1.165) is 42.5 Å². The number of aryl methyl sites for hydroxylation is 1. The number of benzene rings is 2. The molecule has 2 aromatic rings. The zero-order valence-corrected chi connectivity index (χ0v) is 12.5. The largest absolute Gasteiger partial charge is 0.494 e. The number of hydrogen-bond acceptors (Lipinski definition) is 2. The van der Waals surface area contributed by atoms with Gasteiger partial charge in [-0.25, -0.2) is 0 Å². The molecule has 2 rings (SSSR count). The quantitative estimate of drug-likeness (QED) is 0.771. The van der Waals surface area contributed by atoms with Crippen LogP contribution in [-0.4, -0.2) is 13.2 Å². The van der Waals surface area contributed by atoms with Crippen molar-refractivity contribution < 1.29 is 4.74 Å². The summed E-state index contributed by atoms with van der Waals surface area (Å²) in [4.78, 5) is 0. The van der Waals surface area contributed by atoms with Gasteiger partial charge >= 0.3 is 0 Å². The zero-order valence-electron chi connectivity index (χ0n) is 11.7. The van der Waals surface area contributed by atoms with Gasteiger partial charge in [-0.15, -0.1) is 0 Å². The Morgan fingerprint density at radius 3 is 2.75 bits per heavy atom. The van der Waals surface area contributed by atoms with Crippen molar-refractivity contribution >= 4 is 11.6 Å². The van der Waals surface area contributed by atoms with Crippen molar-refractivity contribution in [3.8, 4) is 5.75 Å². The molecule has 0 fully saturated rings. The van der Waals surface area contributed by atoms with E-state index < -0.39 is 0 Å². The summed E-state index contributed by atoms with van der Waals surface area (Å²) in [5.41, 5.74) is 2.35. The Morgan fingerprint density at radius 2 is 1.95 bits per heavy atom. The summed E-state index contributed by atoms with van der Waals surface area (Å²) < 4.78 is 5.70. The van der Waals surface area contributed by atoms with Gasteiger partial charge in [-0.1, -0.05) is 41.9 Å². The Morgan fingerprint density at radius 1 is 1.10 bits per heavy atom. The molecule has 0 aliphatic rings. The van der Waals surface area contributed by atoms with Crippen LogP contribution in [-0.2, 0) is 6.54 Å². The van der Waals surface area contributed by atoms with Crippen LogP contribution in [0.4, 0.5) is 0 Å². The molecular weight excluding hydrogens is 270 g/mol. The summed E-state index contributed by atoms with van der Waals surface area (Å²) in [6.45, 7) is 4.50. The number of hydrogen-bond donors (Lipinski definition) is 1. The lowest BCUT2D eigenvalue weighted by Gasteiger charge is -2.08. The smallest absolute Gasteiger partial charge is 0.119 e. The van der Waals surface area contributed by atoms with Crippen LogP contribution in [0, 0.1) is 6.92 Å². The molecule has 0 heterocycles. The van der Waals surface area contributed by atoms with Crippen LogP contribution in [0.3, 0.4) is 0 Å². The monoisotopic (exact) mass is 289 g/mol. The molecule has 0 aromatic heterocycles. The van der Waals surface area contributed by atoms with Crippen molar-refractivity contribution in [1.29, 1.82) is 0 Å². The van der Waals surface area contributed by atoms with Gasteiger partial charge in [-0.05, 0) is 49.2 Å². The Hall–Kier alpha value is -1.51. The van der Waals surface area contributed by atoms with Gasteiger partial charge in [-0.3, -0.25) is 0 Å². The minimum atomic E-state index is 0.721. The van der Waals surface area contributed by atoms with E-state index >= 15 is 0 Å². The highest BCUT2D eigenvalue weighted by molar-refractivity contribution is 6.31. The molecule has 0 amide bonds. The van der Waals surface area contributed by atoms with E-state index in [-0.39, 0.29) is 0 Å².